The quantitative estimate of drug-likeness (QED) is 0.418. The molecule has 0 saturated carbocycles. The third kappa shape index (κ3) is 6.58. The SMILES string of the molecule is CCCNC(=O)C(=O)N/N=C\c1ccc(OCc2ccccc2Cl)c(Cl)c1. The number of halogens is 2. The molecule has 0 unspecified atom stereocenters. The summed E-state index contributed by atoms with van der Waals surface area (Å²) in [4.78, 5) is 22.9. The first-order chi connectivity index (χ1) is 13.0. The lowest BCUT2D eigenvalue weighted by Crippen LogP contribution is -2.38. The molecule has 0 radical (unpaired) electrons. The van der Waals surface area contributed by atoms with E-state index in [1.165, 1.54) is 6.21 Å². The van der Waals surface area contributed by atoms with Gasteiger partial charge in [0.2, 0.25) is 0 Å². The molecule has 2 aromatic rings. The number of hydrogen-bond donors (Lipinski definition) is 2. The molecule has 2 N–H and O–H groups in total. The van der Waals surface area contributed by atoms with Crippen molar-refractivity contribution in [3.63, 3.8) is 0 Å². The Labute approximate surface area is 167 Å². The first kappa shape index (κ1) is 20.7. The van der Waals surface area contributed by atoms with Gasteiger partial charge in [0.1, 0.15) is 12.4 Å². The number of nitrogens with zero attached hydrogens (tertiary/aromatic N) is 1. The van der Waals surface area contributed by atoms with Gasteiger partial charge >= 0.3 is 11.8 Å². The number of carbonyl (C=O) groups is 2. The van der Waals surface area contributed by atoms with Crippen molar-refractivity contribution in [2.75, 3.05) is 6.54 Å². The minimum absolute atomic E-state index is 0.287. The Morgan fingerprint density at radius 1 is 1.11 bits per heavy atom. The monoisotopic (exact) mass is 407 g/mol. The molecule has 0 atom stereocenters. The van der Waals surface area contributed by atoms with E-state index in [2.05, 4.69) is 15.8 Å². The Bertz CT molecular complexity index is 841. The number of hydrogen-bond acceptors (Lipinski definition) is 4. The van der Waals surface area contributed by atoms with E-state index >= 15 is 0 Å². The molecule has 2 amide bonds. The van der Waals surface area contributed by atoms with Gasteiger partial charge < -0.3 is 10.1 Å². The minimum atomic E-state index is -0.828. The fourth-order valence-electron chi connectivity index (χ4n) is 2.02. The molecule has 8 heteroatoms. The van der Waals surface area contributed by atoms with Crippen molar-refractivity contribution in [3.8, 4) is 5.75 Å². The van der Waals surface area contributed by atoms with Crippen LogP contribution in [0.15, 0.2) is 47.6 Å². The highest BCUT2D eigenvalue weighted by Gasteiger charge is 2.11. The molecule has 0 bridgehead atoms. The average Bonchev–Trinajstić information content (AvgIpc) is 2.66. The molecule has 0 aliphatic heterocycles. The summed E-state index contributed by atoms with van der Waals surface area (Å²) in [5.41, 5.74) is 3.65. The molecule has 0 aromatic heterocycles. The molecule has 142 valence electrons. The average molecular weight is 408 g/mol. The van der Waals surface area contributed by atoms with Gasteiger partial charge in [-0.25, -0.2) is 5.43 Å². The number of rotatable bonds is 7. The van der Waals surface area contributed by atoms with Crippen LogP contribution >= 0.6 is 23.2 Å². The molecule has 0 saturated heterocycles. The molecule has 0 aliphatic carbocycles. The molecule has 0 aliphatic rings. The van der Waals surface area contributed by atoms with E-state index in [0.717, 1.165) is 12.0 Å². The second-order valence-electron chi connectivity index (χ2n) is 5.52. The second kappa shape index (κ2) is 10.5. The van der Waals surface area contributed by atoms with Gasteiger partial charge in [-0.2, -0.15) is 5.10 Å². The Balaban J connectivity index is 1.91. The zero-order valence-electron chi connectivity index (χ0n) is 14.7. The Kier molecular flexibility index (Phi) is 8.10. The van der Waals surface area contributed by atoms with Crippen LogP contribution in [0.25, 0.3) is 0 Å². The molecule has 27 heavy (non-hydrogen) atoms. The summed E-state index contributed by atoms with van der Waals surface area (Å²) in [6.07, 6.45) is 2.13. The van der Waals surface area contributed by atoms with Crippen LogP contribution in [0.4, 0.5) is 0 Å². The van der Waals surface area contributed by atoms with E-state index in [1.54, 1.807) is 24.3 Å². The van der Waals surface area contributed by atoms with Gasteiger partial charge in [0.15, 0.2) is 0 Å². The van der Waals surface area contributed by atoms with Gasteiger partial charge in [0, 0.05) is 17.1 Å². The van der Waals surface area contributed by atoms with Crippen LogP contribution in [-0.2, 0) is 16.2 Å². The zero-order chi connectivity index (χ0) is 19.6. The molecule has 6 nitrogen and oxygen atoms in total. The Morgan fingerprint density at radius 3 is 2.59 bits per heavy atom. The highest BCUT2D eigenvalue weighted by Crippen LogP contribution is 2.26. The molecular weight excluding hydrogens is 389 g/mol. The third-order valence-corrected chi connectivity index (χ3v) is 4.08. The maximum absolute atomic E-state index is 11.5. The summed E-state index contributed by atoms with van der Waals surface area (Å²) in [5, 5.41) is 7.21. The van der Waals surface area contributed by atoms with E-state index in [1.807, 2.05) is 25.1 Å². The first-order valence-corrected chi connectivity index (χ1v) is 9.04. The first-order valence-electron chi connectivity index (χ1n) is 8.28. The lowest BCUT2D eigenvalue weighted by molar-refractivity contribution is -0.139. The topological polar surface area (TPSA) is 79.8 Å². The Morgan fingerprint density at radius 2 is 1.89 bits per heavy atom. The normalized spacial score (nSPS) is 10.6. The molecule has 2 aromatic carbocycles. The van der Waals surface area contributed by atoms with Crippen molar-refractivity contribution >= 4 is 41.2 Å². The largest absolute Gasteiger partial charge is 0.487 e. The summed E-state index contributed by atoms with van der Waals surface area (Å²) in [6.45, 7) is 2.61. The summed E-state index contributed by atoms with van der Waals surface area (Å²) >= 11 is 12.3. The summed E-state index contributed by atoms with van der Waals surface area (Å²) in [5.74, 6) is -1.06. The van der Waals surface area contributed by atoms with Crippen molar-refractivity contribution in [2.24, 2.45) is 5.10 Å². The number of amides is 2. The van der Waals surface area contributed by atoms with Crippen molar-refractivity contribution < 1.29 is 14.3 Å². The predicted octanol–water partition coefficient (Wildman–Crippen LogP) is 3.55. The molecule has 2 rings (SSSR count). The van der Waals surface area contributed by atoms with Crippen LogP contribution in [0.1, 0.15) is 24.5 Å². The van der Waals surface area contributed by atoms with Gasteiger partial charge in [-0.05, 0) is 36.2 Å². The van der Waals surface area contributed by atoms with Crippen LogP contribution < -0.4 is 15.5 Å². The summed E-state index contributed by atoms with van der Waals surface area (Å²) in [6, 6.07) is 12.4. The van der Waals surface area contributed by atoms with Crippen LogP contribution in [0.5, 0.6) is 5.75 Å². The maximum Gasteiger partial charge on any atom is 0.329 e. The number of ether oxygens (including phenoxy) is 1. The molecule has 0 fully saturated rings. The van der Waals surface area contributed by atoms with Gasteiger partial charge in [0.25, 0.3) is 0 Å². The van der Waals surface area contributed by atoms with Crippen LogP contribution in [0, 0.1) is 0 Å². The number of benzene rings is 2. The van der Waals surface area contributed by atoms with E-state index in [0.29, 0.717) is 27.9 Å². The van der Waals surface area contributed by atoms with Gasteiger partial charge in [0.05, 0.1) is 11.2 Å². The van der Waals surface area contributed by atoms with Crippen LogP contribution in [0.3, 0.4) is 0 Å². The van der Waals surface area contributed by atoms with Crippen molar-refractivity contribution in [1.82, 2.24) is 10.7 Å². The lowest BCUT2D eigenvalue weighted by Gasteiger charge is -2.09. The second-order valence-corrected chi connectivity index (χ2v) is 6.34. The van der Waals surface area contributed by atoms with Crippen LogP contribution in [-0.4, -0.2) is 24.6 Å². The number of carbonyl (C=O) groups excluding carboxylic acids is 2. The van der Waals surface area contributed by atoms with Crippen LogP contribution in [0.2, 0.25) is 10.0 Å². The third-order valence-electron chi connectivity index (χ3n) is 3.42. The van der Waals surface area contributed by atoms with Gasteiger partial charge in [-0.3, -0.25) is 9.59 Å². The zero-order valence-corrected chi connectivity index (χ0v) is 16.2. The smallest absolute Gasteiger partial charge is 0.329 e. The summed E-state index contributed by atoms with van der Waals surface area (Å²) < 4.78 is 5.69. The van der Waals surface area contributed by atoms with Gasteiger partial charge in [-0.1, -0.05) is 48.3 Å². The molecule has 0 spiro atoms. The predicted molar refractivity (Wildman–Crippen MR) is 106 cm³/mol. The Hall–Kier alpha value is -2.57. The maximum atomic E-state index is 11.5. The molecule has 0 heterocycles. The van der Waals surface area contributed by atoms with Crippen molar-refractivity contribution in [1.29, 1.82) is 0 Å². The van der Waals surface area contributed by atoms with Crippen molar-refractivity contribution in [2.45, 2.75) is 20.0 Å². The molecular formula is C19H19Cl2N3O3. The van der Waals surface area contributed by atoms with E-state index in [-0.39, 0.29) is 6.61 Å². The van der Waals surface area contributed by atoms with Gasteiger partial charge in [-0.15, -0.1) is 0 Å². The van der Waals surface area contributed by atoms with Crippen molar-refractivity contribution in [3.05, 3.63) is 63.6 Å². The highest BCUT2D eigenvalue weighted by atomic mass is 35.5. The lowest BCUT2D eigenvalue weighted by atomic mass is 10.2. The number of hydrazone groups is 1. The fraction of sp³-hybridized carbons (Fsp3) is 0.211. The van der Waals surface area contributed by atoms with E-state index < -0.39 is 11.8 Å². The highest BCUT2D eigenvalue weighted by molar-refractivity contribution is 6.35. The fourth-order valence-corrected chi connectivity index (χ4v) is 2.45. The minimum Gasteiger partial charge on any atom is -0.487 e. The number of nitrogens with one attached hydrogen (secondary N) is 2. The standard InChI is InChI=1S/C19H19Cl2N3O3/c1-2-9-22-18(25)19(26)24-23-11-13-7-8-17(16(21)10-13)27-12-14-5-3-4-6-15(14)20/h3-8,10-11H,2,9,12H2,1H3,(H,22,25)(H,24,26)/b23-11-. The van der Waals surface area contributed by atoms with E-state index in [4.69, 9.17) is 27.9 Å². The van der Waals surface area contributed by atoms with E-state index in [9.17, 15) is 9.59 Å². The summed E-state index contributed by atoms with van der Waals surface area (Å²) in [7, 11) is 0.